The molecule has 0 fully saturated rings. The van der Waals surface area contributed by atoms with Gasteiger partial charge < -0.3 is 15.4 Å². The first-order chi connectivity index (χ1) is 13.5. The molecule has 0 aliphatic carbocycles. The molecule has 6 nitrogen and oxygen atoms in total. The number of carbonyl (C=O) groups excluding carboxylic acids is 2. The normalized spacial score (nSPS) is 10.2. The number of aromatic nitrogens is 1. The molecule has 0 aliphatic rings. The van der Waals surface area contributed by atoms with Gasteiger partial charge in [0.15, 0.2) is 0 Å². The standard InChI is InChI=1S/C21H18ClN3O3/c1-13-7-9-15(11-17(13)22)24-19-10-8-14(12-23-19)20(26)25-18-6-4-3-5-16(18)21(27)28-2/h3-12H,1-2H3,(H,23,24)(H,25,26). The van der Waals surface area contributed by atoms with Gasteiger partial charge in [-0.2, -0.15) is 0 Å². The summed E-state index contributed by atoms with van der Waals surface area (Å²) in [7, 11) is 1.29. The molecule has 1 aromatic heterocycles. The average Bonchev–Trinajstić information content (AvgIpc) is 2.71. The maximum atomic E-state index is 12.5. The highest BCUT2D eigenvalue weighted by Crippen LogP contribution is 2.23. The molecule has 1 heterocycles. The first-order valence-electron chi connectivity index (χ1n) is 8.46. The van der Waals surface area contributed by atoms with E-state index >= 15 is 0 Å². The summed E-state index contributed by atoms with van der Waals surface area (Å²) >= 11 is 6.12. The summed E-state index contributed by atoms with van der Waals surface area (Å²) in [5.41, 5.74) is 2.79. The Labute approximate surface area is 167 Å². The van der Waals surface area contributed by atoms with Crippen molar-refractivity contribution in [3.63, 3.8) is 0 Å². The molecule has 28 heavy (non-hydrogen) atoms. The Kier molecular flexibility index (Phi) is 5.91. The Hall–Kier alpha value is -3.38. The van der Waals surface area contributed by atoms with Crippen LogP contribution in [-0.4, -0.2) is 24.0 Å². The lowest BCUT2D eigenvalue weighted by molar-refractivity contribution is 0.0602. The van der Waals surface area contributed by atoms with E-state index in [1.807, 2.05) is 25.1 Å². The molecule has 7 heteroatoms. The van der Waals surface area contributed by atoms with E-state index in [2.05, 4.69) is 15.6 Å². The van der Waals surface area contributed by atoms with Crippen molar-refractivity contribution in [2.45, 2.75) is 6.92 Å². The number of amides is 1. The summed E-state index contributed by atoms with van der Waals surface area (Å²) in [6, 6.07) is 15.6. The fraction of sp³-hybridized carbons (Fsp3) is 0.0952. The average molecular weight is 396 g/mol. The number of ether oxygens (including phenoxy) is 1. The molecule has 3 rings (SSSR count). The van der Waals surface area contributed by atoms with E-state index in [0.29, 0.717) is 22.1 Å². The van der Waals surface area contributed by atoms with E-state index in [9.17, 15) is 9.59 Å². The van der Waals surface area contributed by atoms with Crippen molar-refractivity contribution in [2.24, 2.45) is 0 Å². The molecule has 0 saturated carbocycles. The smallest absolute Gasteiger partial charge is 0.339 e. The minimum atomic E-state index is -0.523. The van der Waals surface area contributed by atoms with E-state index in [0.717, 1.165) is 11.3 Å². The van der Waals surface area contributed by atoms with Gasteiger partial charge in [-0.1, -0.05) is 29.8 Å². The Morgan fingerprint density at radius 1 is 1.07 bits per heavy atom. The number of hydrogen-bond acceptors (Lipinski definition) is 5. The zero-order chi connectivity index (χ0) is 20.1. The summed E-state index contributed by atoms with van der Waals surface area (Å²) in [4.78, 5) is 28.6. The Morgan fingerprint density at radius 3 is 2.54 bits per heavy atom. The number of aryl methyl sites for hydroxylation is 1. The summed E-state index contributed by atoms with van der Waals surface area (Å²) in [5.74, 6) is -0.328. The fourth-order valence-corrected chi connectivity index (χ4v) is 2.68. The second kappa shape index (κ2) is 8.54. The molecule has 3 aromatic rings. The predicted molar refractivity (Wildman–Crippen MR) is 109 cm³/mol. The number of nitrogens with one attached hydrogen (secondary N) is 2. The van der Waals surface area contributed by atoms with Gasteiger partial charge in [-0.15, -0.1) is 0 Å². The number of anilines is 3. The third-order valence-corrected chi connectivity index (χ3v) is 4.46. The van der Waals surface area contributed by atoms with Crippen LogP contribution in [-0.2, 0) is 4.74 Å². The molecule has 142 valence electrons. The summed E-state index contributed by atoms with van der Waals surface area (Å²) in [5, 5.41) is 6.50. The minimum absolute atomic E-state index is 0.279. The van der Waals surface area contributed by atoms with E-state index in [4.69, 9.17) is 16.3 Å². The summed E-state index contributed by atoms with van der Waals surface area (Å²) < 4.78 is 4.73. The molecule has 2 N–H and O–H groups in total. The van der Waals surface area contributed by atoms with Gasteiger partial charge in [-0.25, -0.2) is 9.78 Å². The number of nitrogens with zero attached hydrogens (tertiary/aromatic N) is 1. The van der Waals surface area contributed by atoms with Gasteiger partial charge in [0.2, 0.25) is 0 Å². The topological polar surface area (TPSA) is 80.3 Å². The first kappa shape index (κ1) is 19.4. The Balaban J connectivity index is 1.72. The van der Waals surface area contributed by atoms with E-state index < -0.39 is 5.97 Å². The Morgan fingerprint density at radius 2 is 1.86 bits per heavy atom. The molecule has 0 bridgehead atoms. The number of methoxy groups -OCH3 is 1. The number of rotatable bonds is 5. The molecule has 1 amide bonds. The van der Waals surface area contributed by atoms with Crippen LogP contribution in [0.25, 0.3) is 0 Å². The number of para-hydroxylation sites is 1. The summed E-state index contributed by atoms with van der Waals surface area (Å²) in [6.07, 6.45) is 1.45. The second-order valence-electron chi connectivity index (χ2n) is 6.01. The number of esters is 1. The third-order valence-electron chi connectivity index (χ3n) is 4.05. The van der Waals surface area contributed by atoms with Crippen LogP contribution in [0.15, 0.2) is 60.8 Å². The van der Waals surface area contributed by atoms with Crippen LogP contribution in [0, 0.1) is 6.92 Å². The van der Waals surface area contributed by atoms with Crippen LogP contribution >= 0.6 is 11.6 Å². The van der Waals surface area contributed by atoms with Crippen molar-refractivity contribution in [1.82, 2.24) is 4.98 Å². The van der Waals surface area contributed by atoms with Crippen molar-refractivity contribution in [2.75, 3.05) is 17.7 Å². The van der Waals surface area contributed by atoms with Crippen molar-refractivity contribution < 1.29 is 14.3 Å². The molecular formula is C21H18ClN3O3. The fourth-order valence-electron chi connectivity index (χ4n) is 2.50. The molecular weight excluding hydrogens is 378 g/mol. The van der Waals surface area contributed by atoms with E-state index in [1.165, 1.54) is 13.3 Å². The van der Waals surface area contributed by atoms with Crippen LogP contribution < -0.4 is 10.6 Å². The van der Waals surface area contributed by atoms with Crippen LogP contribution in [0.3, 0.4) is 0 Å². The van der Waals surface area contributed by atoms with Gasteiger partial charge in [-0.05, 0) is 48.9 Å². The number of benzene rings is 2. The highest BCUT2D eigenvalue weighted by Gasteiger charge is 2.14. The van der Waals surface area contributed by atoms with Crippen LogP contribution in [0.5, 0.6) is 0 Å². The monoisotopic (exact) mass is 395 g/mol. The molecule has 0 unspecified atom stereocenters. The first-order valence-corrected chi connectivity index (χ1v) is 8.83. The molecule has 0 atom stereocenters. The lowest BCUT2D eigenvalue weighted by atomic mass is 10.1. The molecule has 0 radical (unpaired) electrons. The van der Waals surface area contributed by atoms with Gasteiger partial charge in [0.25, 0.3) is 5.91 Å². The van der Waals surface area contributed by atoms with E-state index in [1.54, 1.807) is 36.4 Å². The maximum absolute atomic E-state index is 12.5. The predicted octanol–water partition coefficient (Wildman–Crippen LogP) is 4.83. The quantitative estimate of drug-likeness (QED) is 0.605. The van der Waals surface area contributed by atoms with Gasteiger partial charge in [0, 0.05) is 16.9 Å². The van der Waals surface area contributed by atoms with Crippen LogP contribution in [0.2, 0.25) is 5.02 Å². The molecule has 2 aromatic carbocycles. The van der Waals surface area contributed by atoms with Crippen molar-refractivity contribution in [3.8, 4) is 0 Å². The molecule has 0 saturated heterocycles. The second-order valence-corrected chi connectivity index (χ2v) is 6.42. The zero-order valence-corrected chi connectivity index (χ0v) is 16.1. The van der Waals surface area contributed by atoms with Crippen molar-refractivity contribution >= 4 is 40.7 Å². The Bertz CT molecular complexity index is 1020. The summed E-state index contributed by atoms with van der Waals surface area (Å²) in [6.45, 7) is 1.93. The highest BCUT2D eigenvalue weighted by molar-refractivity contribution is 6.31. The van der Waals surface area contributed by atoms with Crippen molar-refractivity contribution in [1.29, 1.82) is 0 Å². The van der Waals surface area contributed by atoms with Gasteiger partial charge in [0.05, 0.1) is 23.9 Å². The molecule has 0 spiro atoms. The zero-order valence-electron chi connectivity index (χ0n) is 15.3. The van der Waals surface area contributed by atoms with Gasteiger partial charge in [-0.3, -0.25) is 4.79 Å². The third kappa shape index (κ3) is 4.47. The number of pyridine rings is 1. The van der Waals surface area contributed by atoms with Crippen LogP contribution in [0.4, 0.5) is 17.2 Å². The largest absolute Gasteiger partial charge is 0.465 e. The number of carbonyl (C=O) groups is 2. The van der Waals surface area contributed by atoms with Gasteiger partial charge >= 0.3 is 5.97 Å². The maximum Gasteiger partial charge on any atom is 0.339 e. The number of halogens is 1. The lowest BCUT2D eigenvalue weighted by Crippen LogP contribution is -2.15. The van der Waals surface area contributed by atoms with Crippen LogP contribution in [0.1, 0.15) is 26.3 Å². The van der Waals surface area contributed by atoms with E-state index in [-0.39, 0.29) is 11.5 Å². The highest BCUT2D eigenvalue weighted by atomic mass is 35.5. The van der Waals surface area contributed by atoms with Gasteiger partial charge in [0.1, 0.15) is 5.82 Å². The SMILES string of the molecule is COC(=O)c1ccccc1NC(=O)c1ccc(Nc2ccc(C)c(Cl)c2)nc1. The minimum Gasteiger partial charge on any atom is -0.465 e. The molecule has 0 aliphatic heterocycles. The van der Waals surface area contributed by atoms with Crippen molar-refractivity contribution in [3.05, 3.63) is 82.5 Å². The number of hydrogen-bond donors (Lipinski definition) is 2. The lowest BCUT2D eigenvalue weighted by Gasteiger charge is -2.10.